The van der Waals surface area contributed by atoms with E-state index in [-0.39, 0.29) is 6.71 Å². The van der Waals surface area contributed by atoms with Crippen molar-refractivity contribution in [2.75, 3.05) is 9.80 Å². The highest BCUT2D eigenvalue weighted by molar-refractivity contribution is 7.20. The van der Waals surface area contributed by atoms with Gasteiger partial charge in [0.1, 0.15) is 0 Å². The lowest BCUT2D eigenvalue weighted by molar-refractivity contribution is 1.16. The Morgan fingerprint density at radius 2 is 0.604 bits per heavy atom. The van der Waals surface area contributed by atoms with Crippen LogP contribution in [-0.4, -0.2) is 27.4 Å². The molecular weight excluding hydrogens is 1190 g/mol. The van der Waals surface area contributed by atoms with Crippen molar-refractivity contribution in [1.29, 1.82) is 0 Å². The molecule has 96 heavy (non-hydrogen) atoms. The number of fused-ring (bicyclic) bond motifs is 7. The smallest absolute Gasteiger partial charge is 0.252 e. The molecule has 0 atom stereocenters. The molecule has 0 saturated heterocycles. The second-order valence-electron chi connectivity index (χ2n) is 25.4. The minimum absolute atomic E-state index is 0.218. The molecule has 0 saturated carbocycles. The van der Waals surface area contributed by atoms with Gasteiger partial charge in [0.2, 0.25) is 0 Å². The number of nitrogens with zero attached hydrogens (tertiary/aromatic N) is 3. The fourth-order valence-corrected chi connectivity index (χ4v) is 26.0. The Balaban J connectivity index is 1.01. The van der Waals surface area contributed by atoms with E-state index in [9.17, 15) is 0 Å². The molecule has 3 nitrogen and oxygen atoms in total. The molecule has 0 radical (unpaired) electrons. The van der Waals surface area contributed by atoms with Gasteiger partial charge in [-0.1, -0.05) is 328 Å². The molecular formula is C90H64BN3Si2. The minimum atomic E-state index is -3.15. The van der Waals surface area contributed by atoms with E-state index < -0.39 is 16.1 Å². The van der Waals surface area contributed by atoms with Crippen LogP contribution in [0.4, 0.5) is 34.1 Å². The Hall–Kier alpha value is -11.8. The average molecular weight is 1250 g/mol. The highest BCUT2D eigenvalue weighted by Crippen LogP contribution is 2.48. The Kier molecular flexibility index (Phi) is 14.0. The number of benzene rings is 15. The van der Waals surface area contributed by atoms with Gasteiger partial charge < -0.3 is 14.4 Å². The van der Waals surface area contributed by atoms with Crippen molar-refractivity contribution in [3.8, 4) is 27.9 Å². The van der Waals surface area contributed by atoms with Gasteiger partial charge in [-0.15, -0.1) is 0 Å². The fourth-order valence-electron chi connectivity index (χ4n) is 16.5. The van der Waals surface area contributed by atoms with Crippen molar-refractivity contribution in [2.45, 2.75) is 0 Å². The lowest BCUT2D eigenvalue weighted by Gasteiger charge is -2.46. The summed E-state index contributed by atoms with van der Waals surface area (Å²) in [7, 11) is -6.25. The number of para-hydroxylation sites is 2. The van der Waals surface area contributed by atoms with Crippen LogP contribution < -0.4 is 67.7 Å². The maximum absolute atomic E-state index is 3.15. The van der Waals surface area contributed by atoms with Gasteiger partial charge in [-0.05, 0) is 141 Å². The number of anilines is 6. The second kappa shape index (κ2) is 23.6. The summed E-state index contributed by atoms with van der Waals surface area (Å²) in [5.41, 5.74) is 18.7. The molecule has 15 aromatic carbocycles. The molecule has 3 heterocycles. The van der Waals surface area contributed by atoms with Crippen molar-refractivity contribution in [1.82, 2.24) is 4.57 Å². The number of rotatable bonds is 13. The van der Waals surface area contributed by atoms with Crippen LogP contribution in [0.25, 0.3) is 49.7 Å². The predicted octanol–water partition coefficient (Wildman–Crippen LogP) is 15.0. The minimum Gasteiger partial charge on any atom is -0.311 e. The molecule has 0 N–H and O–H groups in total. The van der Waals surface area contributed by atoms with E-state index in [4.69, 9.17) is 0 Å². The molecule has 0 bridgehead atoms. The summed E-state index contributed by atoms with van der Waals surface area (Å²) in [4.78, 5) is 5.29. The summed E-state index contributed by atoms with van der Waals surface area (Å²) in [6.45, 7) is -0.218. The van der Waals surface area contributed by atoms with Crippen LogP contribution in [-0.2, 0) is 0 Å². The Morgan fingerprint density at radius 3 is 1.08 bits per heavy atom. The number of aromatic nitrogens is 1. The highest BCUT2D eigenvalue weighted by Gasteiger charge is 2.49. The standard InChI is InChI=1S/C90H64BN3Si2/c1-9-31-65(32-10-1)66-55-57-68(58-56-66)92-85-54-30-51-79(67-33-11-2-12-34-67)89(85)91-82-60-59-78(96(74-42-19-6-20-43-74,75-44-21-7-22-45-75)76-46-23-8-24-47-76)64-86(82)93(88-63-70(62-87(92)90(88)91)94-83-52-27-25-49-80(83)81-50-26-28-53-84(81)94)69-35-29-48-77(61-69)95(71-36-13-3-14-37-71,72-38-15-4-16-39-72)73-40-17-5-18-41-73/h1-64H. The third kappa shape index (κ3) is 9.01. The largest absolute Gasteiger partial charge is 0.311 e. The van der Waals surface area contributed by atoms with E-state index in [1.54, 1.807) is 0 Å². The fraction of sp³-hybridized carbons (Fsp3) is 0. The Morgan fingerprint density at radius 1 is 0.219 bits per heavy atom. The first-order chi connectivity index (χ1) is 47.7. The highest BCUT2D eigenvalue weighted by atomic mass is 28.3. The molecule has 2 aliphatic rings. The summed E-state index contributed by atoms with van der Waals surface area (Å²) in [6, 6.07) is 147. The van der Waals surface area contributed by atoms with Gasteiger partial charge in [0.15, 0.2) is 16.1 Å². The van der Waals surface area contributed by atoms with Crippen LogP contribution in [0.5, 0.6) is 0 Å². The van der Waals surface area contributed by atoms with E-state index in [0.717, 1.165) is 50.8 Å². The molecule has 450 valence electrons. The van der Waals surface area contributed by atoms with Crippen LogP contribution in [0.15, 0.2) is 388 Å². The van der Waals surface area contributed by atoms with E-state index in [0.29, 0.717) is 0 Å². The summed E-state index contributed by atoms with van der Waals surface area (Å²) >= 11 is 0. The molecule has 0 spiro atoms. The summed E-state index contributed by atoms with van der Waals surface area (Å²) in [6.07, 6.45) is 0. The van der Waals surface area contributed by atoms with Gasteiger partial charge >= 0.3 is 0 Å². The van der Waals surface area contributed by atoms with Gasteiger partial charge in [-0.25, -0.2) is 0 Å². The zero-order valence-corrected chi connectivity index (χ0v) is 54.9. The first-order valence-electron chi connectivity index (χ1n) is 33.3. The van der Waals surface area contributed by atoms with Crippen LogP contribution in [0.1, 0.15) is 0 Å². The third-order valence-electron chi connectivity index (χ3n) is 20.5. The lowest BCUT2D eigenvalue weighted by atomic mass is 9.32. The Bertz CT molecular complexity index is 5280. The molecule has 18 rings (SSSR count). The van der Waals surface area contributed by atoms with E-state index in [2.05, 4.69) is 403 Å². The molecule has 0 fully saturated rings. The van der Waals surface area contributed by atoms with Crippen LogP contribution in [0, 0.1) is 0 Å². The van der Waals surface area contributed by atoms with Gasteiger partial charge in [0.05, 0.1) is 16.7 Å². The van der Waals surface area contributed by atoms with Crippen molar-refractivity contribution in [3.05, 3.63) is 388 Å². The molecule has 0 amide bonds. The maximum atomic E-state index is 2.70. The average Bonchev–Trinajstić information content (AvgIpc) is 0.750. The normalized spacial score (nSPS) is 12.5. The van der Waals surface area contributed by atoms with E-state index >= 15 is 0 Å². The molecule has 0 aliphatic carbocycles. The zero-order valence-electron chi connectivity index (χ0n) is 52.9. The third-order valence-corrected chi connectivity index (χ3v) is 30.0. The van der Waals surface area contributed by atoms with Gasteiger partial charge in [0, 0.05) is 44.9 Å². The number of hydrogen-bond acceptors (Lipinski definition) is 2. The van der Waals surface area contributed by atoms with Crippen molar-refractivity contribution >= 4 is 137 Å². The summed E-state index contributed by atoms with van der Waals surface area (Å²) in [5.74, 6) is 0. The first kappa shape index (κ1) is 56.9. The topological polar surface area (TPSA) is 11.4 Å². The SMILES string of the molecule is c1ccc(-c2ccc(N3c4cccc(-c5ccccc5)c4B4c5ccc([Si](c6ccccc6)(c6ccccc6)c6ccccc6)cc5N(c5cccc([Si](c6ccccc6)(c6ccccc6)c6ccccc6)c5)c5cc(-n6c7ccccc7c7ccccc76)cc3c54)cc2)cc1. The van der Waals surface area contributed by atoms with Crippen molar-refractivity contribution in [3.63, 3.8) is 0 Å². The lowest BCUT2D eigenvalue weighted by Crippen LogP contribution is -2.75. The van der Waals surface area contributed by atoms with Crippen LogP contribution in [0.3, 0.4) is 0 Å². The van der Waals surface area contributed by atoms with E-state index in [1.165, 1.54) is 90.9 Å². The maximum Gasteiger partial charge on any atom is 0.252 e. The van der Waals surface area contributed by atoms with Crippen molar-refractivity contribution in [2.24, 2.45) is 0 Å². The summed E-state index contributed by atoms with van der Waals surface area (Å²) in [5, 5.41) is 13.0. The van der Waals surface area contributed by atoms with Gasteiger partial charge in [-0.3, -0.25) is 0 Å². The zero-order chi connectivity index (χ0) is 63.6. The first-order valence-corrected chi connectivity index (χ1v) is 37.3. The quantitative estimate of drug-likeness (QED) is 0.0842. The molecule has 1 aromatic heterocycles. The predicted molar refractivity (Wildman–Crippen MR) is 413 cm³/mol. The molecule has 2 aliphatic heterocycles. The summed E-state index contributed by atoms with van der Waals surface area (Å²) < 4.78 is 2.53. The second-order valence-corrected chi connectivity index (χ2v) is 33.0. The molecule has 0 unspecified atom stereocenters. The van der Waals surface area contributed by atoms with Crippen molar-refractivity contribution < 1.29 is 0 Å². The van der Waals surface area contributed by atoms with Crippen LogP contribution >= 0.6 is 0 Å². The number of hydrogen-bond donors (Lipinski definition) is 0. The molecule has 6 heteroatoms. The van der Waals surface area contributed by atoms with Crippen LogP contribution in [0.2, 0.25) is 0 Å². The molecule has 16 aromatic rings. The van der Waals surface area contributed by atoms with Gasteiger partial charge in [0.25, 0.3) is 6.71 Å². The van der Waals surface area contributed by atoms with Gasteiger partial charge in [-0.2, -0.15) is 0 Å². The monoisotopic (exact) mass is 1250 g/mol. The Labute approximate surface area is 563 Å². The van der Waals surface area contributed by atoms with E-state index in [1.807, 2.05) is 0 Å².